The van der Waals surface area contributed by atoms with Crippen molar-refractivity contribution in [1.29, 1.82) is 0 Å². The van der Waals surface area contributed by atoms with Gasteiger partial charge in [-0.3, -0.25) is 0 Å². The van der Waals surface area contributed by atoms with Crippen molar-refractivity contribution in [3.05, 3.63) is 10.5 Å². The van der Waals surface area contributed by atoms with Crippen molar-refractivity contribution >= 4 is 28.1 Å². The molecule has 2 unspecified atom stereocenters. The van der Waals surface area contributed by atoms with Crippen molar-refractivity contribution in [2.75, 3.05) is 11.4 Å². The highest BCUT2D eigenvalue weighted by Crippen LogP contribution is 2.38. The van der Waals surface area contributed by atoms with Gasteiger partial charge in [0.2, 0.25) is 0 Å². The Morgan fingerprint density at radius 2 is 2.06 bits per heavy atom. The summed E-state index contributed by atoms with van der Waals surface area (Å²) < 4.78 is 0. The molecule has 0 bridgehead atoms. The van der Waals surface area contributed by atoms with Crippen molar-refractivity contribution in [3.63, 3.8) is 0 Å². The van der Waals surface area contributed by atoms with E-state index in [-0.39, 0.29) is 0 Å². The topological polar surface area (TPSA) is 16.1 Å². The number of hydrogen-bond acceptors (Lipinski definition) is 3. The van der Waals surface area contributed by atoms with Gasteiger partial charge >= 0.3 is 0 Å². The fourth-order valence-electron chi connectivity index (χ4n) is 3.24. The average molecular weight is 257 g/mol. The minimum absolute atomic E-state index is 0.651. The van der Waals surface area contributed by atoms with E-state index >= 15 is 0 Å². The summed E-state index contributed by atoms with van der Waals surface area (Å²) in [4.78, 5) is 6.95. The highest BCUT2D eigenvalue weighted by molar-refractivity contribution is 7.14. The summed E-state index contributed by atoms with van der Waals surface area (Å²) in [5.41, 5.74) is 0. The largest absolute Gasteiger partial charge is 0.345 e. The Labute approximate surface area is 106 Å². The number of thiazole rings is 1. The lowest BCUT2D eigenvalue weighted by Gasteiger charge is -2.44. The number of nitrogens with zero attached hydrogens (tertiary/aromatic N) is 2. The molecule has 1 saturated heterocycles. The molecule has 2 heterocycles. The van der Waals surface area contributed by atoms with E-state index in [1.54, 1.807) is 11.3 Å². The van der Waals surface area contributed by atoms with Crippen LogP contribution in [0, 0.1) is 5.92 Å². The first-order valence-corrected chi connectivity index (χ1v) is 7.48. The van der Waals surface area contributed by atoms with Crippen LogP contribution in [-0.2, 0) is 0 Å². The number of anilines is 1. The van der Waals surface area contributed by atoms with E-state index in [9.17, 15) is 0 Å². The molecule has 1 aliphatic heterocycles. The smallest absolute Gasteiger partial charge is 0.187 e. The minimum Gasteiger partial charge on any atom is -0.345 e. The molecule has 3 rings (SSSR count). The molecule has 1 aliphatic carbocycles. The van der Waals surface area contributed by atoms with E-state index in [2.05, 4.69) is 9.88 Å². The molecule has 0 amide bonds. The van der Waals surface area contributed by atoms with Gasteiger partial charge in [-0.15, -0.1) is 11.3 Å². The second kappa shape index (κ2) is 4.53. The molecular formula is C12H17ClN2S. The van der Waals surface area contributed by atoms with Crippen molar-refractivity contribution < 1.29 is 0 Å². The van der Waals surface area contributed by atoms with Crippen LogP contribution in [0.4, 0.5) is 5.13 Å². The van der Waals surface area contributed by atoms with Crippen molar-refractivity contribution in [2.45, 2.75) is 44.6 Å². The second-order valence-corrected chi connectivity index (χ2v) is 6.12. The Bertz CT molecular complexity index is 364. The van der Waals surface area contributed by atoms with Gasteiger partial charge in [0.1, 0.15) is 5.15 Å². The molecule has 4 heteroatoms. The van der Waals surface area contributed by atoms with Crippen molar-refractivity contribution in [1.82, 2.24) is 4.98 Å². The fraction of sp³-hybridized carbons (Fsp3) is 0.750. The minimum atomic E-state index is 0.651. The van der Waals surface area contributed by atoms with Crippen LogP contribution in [0.5, 0.6) is 0 Å². The molecular weight excluding hydrogens is 240 g/mol. The number of piperidine rings is 1. The first-order chi connectivity index (χ1) is 7.84. The summed E-state index contributed by atoms with van der Waals surface area (Å²) in [6, 6.07) is 0.740. The predicted octanol–water partition coefficient (Wildman–Crippen LogP) is 3.96. The van der Waals surface area contributed by atoms with Gasteiger partial charge < -0.3 is 4.90 Å². The number of halogens is 1. The van der Waals surface area contributed by atoms with Gasteiger partial charge in [0.05, 0.1) is 0 Å². The molecule has 1 saturated carbocycles. The Balaban J connectivity index is 1.82. The van der Waals surface area contributed by atoms with Gasteiger partial charge in [-0.25, -0.2) is 4.98 Å². The third-order valence-electron chi connectivity index (χ3n) is 3.95. The molecule has 16 heavy (non-hydrogen) atoms. The molecule has 0 N–H and O–H groups in total. The normalized spacial score (nSPS) is 30.2. The number of fused-ring (bicyclic) bond motifs is 1. The maximum absolute atomic E-state index is 5.93. The van der Waals surface area contributed by atoms with E-state index in [1.807, 2.05) is 5.38 Å². The summed E-state index contributed by atoms with van der Waals surface area (Å²) in [7, 11) is 0. The summed E-state index contributed by atoms with van der Waals surface area (Å²) in [6.07, 6.45) is 8.31. The first-order valence-electron chi connectivity index (χ1n) is 6.22. The summed E-state index contributed by atoms with van der Waals surface area (Å²) in [6.45, 7) is 1.17. The first kappa shape index (κ1) is 10.8. The van der Waals surface area contributed by atoms with E-state index in [4.69, 9.17) is 11.6 Å². The Morgan fingerprint density at radius 1 is 1.25 bits per heavy atom. The molecule has 2 atom stereocenters. The number of aromatic nitrogens is 1. The quantitative estimate of drug-likeness (QED) is 0.756. The summed E-state index contributed by atoms with van der Waals surface area (Å²) in [5, 5.41) is 3.74. The fourth-order valence-corrected chi connectivity index (χ4v) is 4.27. The van der Waals surface area contributed by atoms with Crippen LogP contribution in [0.25, 0.3) is 0 Å². The maximum atomic E-state index is 5.93. The van der Waals surface area contributed by atoms with Gasteiger partial charge in [0.15, 0.2) is 5.13 Å². The summed E-state index contributed by atoms with van der Waals surface area (Å²) >= 11 is 7.62. The zero-order valence-corrected chi connectivity index (χ0v) is 10.9. The van der Waals surface area contributed by atoms with Crippen LogP contribution in [0.1, 0.15) is 38.5 Å². The zero-order chi connectivity index (χ0) is 11.0. The van der Waals surface area contributed by atoms with Crippen molar-refractivity contribution in [3.8, 4) is 0 Å². The zero-order valence-electron chi connectivity index (χ0n) is 9.36. The van der Waals surface area contributed by atoms with Gasteiger partial charge in [0.25, 0.3) is 0 Å². The molecule has 1 aromatic heterocycles. The van der Waals surface area contributed by atoms with Gasteiger partial charge in [0, 0.05) is 18.0 Å². The van der Waals surface area contributed by atoms with E-state index in [0.717, 1.165) is 17.1 Å². The highest BCUT2D eigenvalue weighted by Gasteiger charge is 2.34. The lowest BCUT2D eigenvalue weighted by Crippen LogP contribution is -2.46. The lowest BCUT2D eigenvalue weighted by atomic mass is 9.78. The highest BCUT2D eigenvalue weighted by atomic mass is 35.5. The van der Waals surface area contributed by atoms with Crippen LogP contribution >= 0.6 is 22.9 Å². The van der Waals surface area contributed by atoms with E-state index in [0.29, 0.717) is 5.15 Å². The molecule has 2 aliphatic rings. The standard InChI is InChI=1S/C12H17ClN2S/c13-11-8-16-12(14-11)15-7-3-5-9-4-1-2-6-10(9)15/h8-10H,1-7H2. The van der Waals surface area contributed by atoms with Crippen LogP contribution in [0.15, 0.2) is 5.38 Å². The molecule has 0 spiro atoms. The predicted molar refractivity (Wildman–Crippen MR) is 69.5 cm³/mol. The monoisotopic (exact) mass is 256 g/mol. The van der Waals surface area contributed by atoms with Crippen LogP contribution in [-0.4, -0.2) is 17.6 Å². The SMILES string of the molecule is Clc1csc(N2CCCC3CCCCC32)n1. The van der Waals surface area contributed by atoms with Crippen molar-refractivity contribution in [2.24, 2.45) is 5.92 Å². The molecule has 88 valence electrons. The molecule has 0 radical (unpaired) electrons. The average Bonchev–Trinajstić information content (AvgIpc) is 2.75. The Hall–Kier alpha value is -0.280. The van der Waals surface area contributed by atoms with E-state index < -0.39 is 0 Å². The van der Waals surface area contributed by atoms with Crippen LogP contribution in [0.2, 0.25) is 5.15 Å². The number of rotatable bonds is 1. The third-order valence-corrected chi connectivity index (χ3v) is 5.15. The third kappa shape index (κ3) is 1.95. The van der Waals surface area contributed by atoms with Crippen LogP contribution in [0.3, 0.4) is 0 Å². The Kier molecular flexibility index (Phi) is 3.07. The number of hydrogen-bond donors (Lipinski definition) is 0. The molecule has 0 aromatic carbocycles. The molecule has 2 nitrogen and oxygen atoms in total. The van der Waals surface area contributed by atoms with Gasteiger partial charge in [-0.1, -0.05) is 24.4 Å². The second-order valence-electron chi connectivity index (χ2n) is 4.90. The molecule has 2 fully saturated rings. The van der Waals surface area contributed by atoms with Crippen LogP contribution < -0.4 is 4.90 Å². The summed E-state index contributed by atoms with van der Waals surface area (Å²) in [5.74, 6) is 0.908. The molecule has 1 aromatic rings. The lowest BCUT2D eigenvalue weighted by molar-refractivity contribution is 0.243. The Morgan fingerprint density at radius 3 is 2.88 bits per heavy atom. The maximum Gasteiger partial charge on any atom is 0.187 e. The van der Waals surface area contributed by atoms with Gasteiger partial charge in [-0.05, 0) is 31.6 Å². The van der Waals surface area contributed by atoms with E-state index in [1.165, 1.54) is 45.1 Å². The van der Waals surface area contributed by atoms with Gasteiger partial charge in [-0.2, -0.15) is 0 Å².